The van der Waals surface area contributed by atoms with E-state index in [1.807, 2.05) is 0 Å². The predicted octanol–water partition coefficient (Wildman–Crippen LogP) is 2.67. The molecule has 0 aliphatic heterocycles. The van der Waals surface area contributed by atoms with E-state index in [0.29, 0.717) is 17.1 Å². The molecule has 1 aromatic carbocycles. The van der Waals surface area contributed by atoms with Gasteiger partial charge in [-0.3, -0.25) is 4.79 Å². The zero-order valence-electron chi connectivity index (χ0n) is 8.91. The minimum absolute atomic E-state index is 0.0516. The summed E-state index contributed by atoms with van der Waals surface area (Å²) >= 11 is 3.24. The van der Waals surface area contributed by atoms with E-state index in [4.69, 9.17) is 9.47 Å². The highest BCUT2D eigenvalue weighted by atomic mass is 79.9. The van der Waals surface area contributed by atoms with Gasteiger partial charge < -0.3 is 9.47 Å². The number of benzene rings is 1. The van der Waals surface area contributed by atoms with E-state index in [-0.39, 0.29) is 10.6 Å². The molecule has 0 aliphatic rings. The zero-order valence-corrected chi connectivity index (χ0v) is 10.5. The van der Waals surface area contributed by atoms with E-state index < -0.39 is 0 Å². The van der Waals surface area contributed by atoms with E-state index in [0.717, 1.165) is 0 Å². The fourth-order valence-corrected chi connectivity index (χ4v) is 1.52. The second kappa shape index (κ2) is 5.16. The predicted molar refractivity (Wildman–Crippen MR) is 62.3 cm³/mol. The van der Waals surface area contributed by atoms with Crippen molar-refractivity contribution in [2.45, 2.75) is 11.8 Å². The van der Waals surface area contributed by atoms with Crippen LogP contribution in [-0.2, 0) is 0 Å². The monoisotopic (exact) mass is 272 g/mol. The van der Waals surface area contributed by atoms with Crippen LogP contribution >= 0.6 is 15.9 Å². The molecule has 1 rings (SSSR count). The molecule has 0 bridgehead atoms. The molecule has 0 heterocycles. The minimum Gasteiger partial charge on any atom is -0.496 e. The molecule has 0 radical (unpaired) electrons. The number of Topliss-reactive ketones (excluding diaryl/α,β-unsaturated/α-hetero) is 1. The van der Waals surface area contributed by atoms with Crippen LogP contribution in [0.5, 0.6) is 11.5 Å². The summed E-state index contributed by atoms with van der Waals surface area (Å²) in [5, 5.41) is 0. The number of hydrogen-bond donors (Lipinski definition) is 0. The maximum Gasteiger partial charge on any atom is 0.183 e. The molecule has 0 aromatic heterocycles. The van der Waals surface area contributed by atoms with Gasteiger partial charge in [0.1, 0.15) is 17.1 Å². The second-order valence-electron chi connectivity index (χ2n) is 3.02. The average Bonchev–Trinajstić information content (AvgIpc) is 2.26. The number of carbonyl (C=O) groups is 1. The summed E-state index contributed by atoms with van der Waals surface area (Å²) < 4.78 is 10.3. The van der Waals surface area contributed by atoms with Crippen LogP contribution in [-0.4, -0.2) is 24.8 Å². The van der Waals surface area contributed by atoms with Gasteiger partial charge in [-0.2, -0.15) is 0 Å². The van der Waals surface area contributed by atoms with Gasteiger partial charge >= 0.3 is 0 Å². The Hall–Kier alpha value is -1.03. The van der Waals surface area contributed by atoms with Crippen LogP contribution in [0.15, 0.2) is 18.2 Å². The second-order valence-corrected chi connectivity index (χ2v) is 4.39. The lowest BCUT2D eigenvalue weighted by atomic mass is 10.1. The lowest BCUT2D eigenvalue weighted by Crippen LogP contribution is -2.12. The van der Waals surface area contributed by atoms with Gasteiger partial charge in [-0.1, -0.05) is 22.0 Å². The van der Waals surface area contributed by atoms with Crippen LogP contribution < -0.4 is 9.47 Å². The molecule has 0 spiro atoms. The Balaban J connectivity index is 3.28. The van der Waals surface area contributed by atoms with Crippen LogP contribution in [0.1, 0.15) is 17.3 Å². The molecule has 0 N–H and O–H groups in total. The third kappa shape index (κ3) is 2.50. The van der Waals surface area contributed by atoms with Crippen LogP contribution in [0.2, 0.25) is 0 Å². The molecule has 0 fully saturated rings. The standard InChI is InChI=1S/C11H13BrO3/c1-7(12)11(13)10-8(14-2)5-4-6-9(10)15-3/h4-7H,1-3H3. The van der Waals surface area contributed by atoms with Crippen molar-refractivity contribution in [3.8, 4) is 11.5 Å². The highest BCUT2D eigenvalue weighted by Crippen LogP contribution is 2.30. The number of methoxy groups -OCH3 is 2. The molecule has 82 valence electrons. The summed E-state index contributed by atoms with van der Waals surface area (Å²) in [6.45, 7) is 1.77. The molecule has 1 unspecified atom stereocenters. The number of ether oxygens (including phenoxy) is 2. The summed E-state index contributed by atoms with van der Waals surface area (Å²) in [7, 11) is 3.06. The average molecular weight is 273 g/mol. The first-order valence-corrected chi connectivity index (χ1v) is 5.42. The third-order valence-electron chi connectivity index (χ3n) is 2.04. The quantitative estimate of drug-likeness (QED) is 0.625. The Bertz CT molecular complexity index is 339. The molecule has 1 aromatic rings. The fraction of sp³-hybridized carbons (Fsp3) is 0.364. The van der Waals surface area contributed by atoms with Crippen LogP contribution in [0.3, 0.4) is 0 Å². The van der Waals surface area contributed by atoms with E-state index in [1.165, 1.54) is 14.2 Å². The largest absolute Gasteiger partial charge is 0.496 e. The highest BCUT2D eigenvalue weighted by molar-refractivity contribution is 9.10. The first-order valence-electron chi connectivity index (χ1n) is 4.51. The molecular weight excluding hydrogens is 260 g/mol. The van der Waals surface area contributed by atoms with Crippen LogP contribution in [0, 0.1) is 0 Å². The lowest BCUT2D eigenvalue weighted by Gasteiger charge is -2.12. The first-order chi connectivity index (χ1) is 7.11. The number of ketones is 1. The SMILES string of the molecule is COc1cccc(OC)c1C(=O)C(C)Br. The highest BCUT2D eigenvalue weighted by Gasteiger charge is 2.21. The van der Waals surface area contributed by atoms with Crippen molar-refractivity contribution in [2.24, 2.45) is 0 Å². The molecule has 0 aliphatic carbocycles. The maximum atomic E-state index is 11.9. The van der Waals surface area contributed by atoms with Crippen molar-refractivity contribution in [2.75, 3.05) is 14.2 Å². The zero-order chi connectivity index (χ0) is 11.4. The summed E-state index contributed by atoms with van der Waals surface area (Å²) in [4.78, 5) is 11.6. The number of carbonyl (C=O) groups excluding carboxylic acids is 1. The molecule has 4 heteroatoms. The van der Waals surface area contributed by atoms with Crippen molar-refractivity contribution >= 4 is 21.7 Å². The molecule has 0 saturated carbocycles. The van der Waals surface area contributed by atoms with Crippen molar-refractivity contribution in [1.29, 1.82) is 0 Å². The Labute approximate surface area is 97.5 Å². The van der Waals surface area contributed by atoms with E-state index in [9.17, 15) is 4.79 Å². The van der Waals surface area contributed by atoms with E-state index in [2.05, 4.69) is 15.9 Å². The summed E-state index contributed by atoms with van der Waals surface area (Å²) in [5.74, 6) is 1.01. The normalized spacial score (nSPS) is 12.0. The van der Waals surface area contributed by atoms with Crippen LogP contribution in [0.25, 0.3) is 0 Å². The Morgan fingerprint density at radius 1 is 1.27 bits per heavy atom. The lowest BCUT2D eigenvalue weighted by molar-refractivity contribution is 0.0990. The van der Waals surface area contributed by atoms with Gasteiger partial charge in [-0.15, -0.1) is 0 Å². The maximum absolute atomic E-state index is 11.9. The topological polar surface area (TPSA) is 35.5 Å². The Kier molecular flexibility index (Phi) is 4.15. The number of alkyl halides is 1. The summed E-state index contributed by atoms with van der Waals surface area (Å²) in [6.07, 6.45) is 0. The Morgan fingerprint density at radius 2 is 1.73 bits per heavy atom. The molecule has 0 amide bonds. The molecule has 15 heavy (non-hydrogen) atoms. The molecule has 0 saturated heterocycles. The van der Waals surface area contributed by atoms with Gasteiger partial charge in [0.25, 0.3) is 0 Å². The Morgan fingerprint density at radius 3 is 2.07 bits per heavy atom. The van der Waals surface area contributed by atoms with Crippen molar-refractivity contribution in [3.05, 3.63) is 23.8 Å². The number of rotatable bonds is 4. The van der Waals surface area contributed by atoms with Gasteiger partial charge in [0, 0.05) is 0 Å². The fourth-order valence-electron chi connectivity index (χ4n) is 1.29. The van der Waals surface area contributed by atoms with Crippen molar-refractivity contribution in [1.82, 2.24) is 0 Å². The molecular formula is C11H13BrO3. The van der Waals surface area contributed by atoms with Gasteiger partial charge in [-0.25, -0.2) is 0 Å². The van der Waals surface area contributed by atoms with Crippen LogP contribution in [0.4, 0.5) is 0 Å². The van der Waals surface area contributed by atoms with Gasteiger partial charge in [0.05, 0.1) is 19.0 Å². The first kappa shape index (κ1) is 12.0. The minimum atomic E-state index is -0.261. The van der Waals surface area contributed by atoms with E-state index >= 15 is 0 Å². The molecule has 3 nitrogen and oxygen atoms in total. The summed E-state index contributed by atoms with van der Waals surface area (Å²) in [5.41, 5.74) is 0.479. The van der Waals surface area contributed by atoms with Crippen molar-refractivity contribution < 1.29 is 14.3 Å². The number of halogens is 1. The van der Waals surface area contributed by atoms with E-state index in [1.54, 1.807) is 25.1 Å². The summed E-state index contributed by atoms with van der Waals surface area (Å²) in [6, 6.07) is 5.27. The van der Waals surface area contributed by atoms with Gasteiger partial charge in [0.15, 0.2) is 5.78 Å². The number of hydrogen-bond acceptors (Lipinski definition) is 3. The molecule has 1 atom stereocenters. The smallest absolute Gasteiger partial charge is 0.183 e. The third-order valence-corrected chi connectivity index (χ3v) is 2.45. The van der Waals surface area contributed by atoms with Gasteiger partial charge in [-0.05, 0) is 19.1 Å². The van der Waals surface area contributed by atoms with Gasteiger partial charge in [0.2, 0.25) is 0 Å². The van der Waals surface area contributed by atoms with Crippen molar-refractivity contribution in [3.63, 3.8) is 0 Å².